The lowest BCUT2D eigenvalue weighted by Crippen LogP contribution is -2.65. The molecule has 4 rings (SSSR count). The first-order chi connectivity index (χ1) is 17.8. The Kier molecular flexibility index (Phi) is 8.38. The number of benzene rings is 2. The van der Waals surface area contributed by atoms with Gasteiger partial charge in [-0.15, -0.1) is 0 Å². The Morgan fingerprint density at radius 2 is 1.86 bits per heavy atom. The average molecular weight is 506 g/mol. The number of carbonyl (C=O) groups is 2. The minimum Gasteiger partial charge on any atom is -0.489 e. The van der Waals surface area contributed by atoms with Gasteiger partial charge in [0.1, 0.15) is 12.4 Å². The van der Waals surface area contributed by atoms with Crippen molar-refractivity contribution in [2.45, 2.75) is 45.1 Å². The van der Waals surface area contributed by atoms with Crippen molar-refractivity contribution in [3.63, 3.8) is 0 Å². The molecule has 5 N–H and O–H groups in total. The van der Waals surface area contributed by atoms with Gasteiger partial charge >= 0.3 is 0 Å². The highest BCUT2D eigenvalue weighted by atomic mass is 16.5. The van der Waals surface area contributed by atoms with Crippen molar-refractivity contribution in [1.82, 2.24) is 20.5 Å². The van der Waals surface area contributed by atoms with E-state index in [4.69, 9.17) is 10.5 Å². The van der Waals surface area contributed by atoms with Crippen LogP contribution in [-0.4, -0.2) is 64.8 Å². The van der Waals surface area contributed by atoms with Crippen LogP contribution in [0.3, 0.4) is 0 Å². The highest BCUT2D eigenvalue weighted by molar-refractivity contribution is 5.95. The number of amides is 2. The number of primary amides is 1. The highest BCUT2D eigenvalue weighted by Crippen LogP contribution is 2.22. The second-order valence-corrected chi connectivity index (χ2v) is 9.44. The third kappa shape index (κ3) is 6.25. The summed E-state index contributed by atoms with van der Waals surface area (Å²) >= 11 is 0. The van der Waals surface area contributed by atoms with Gasteiger partial charge in [-0.25, -0.2) is 0 Å². The number of nitrogens with zero attached hydrogens (tertiary/aromatic N) is 2. The summed E-state index contributed by atoms with van der Waals surface area (Å²) in [7, 11) is 0. The number of piperidine rings is 1. The van der Waals surface area contributed by atoms with Gasteiger partial charge in [-0.3, -0.25) is 19.5 Å². The molecule has 3 aromatic rings. The SMILES string of the molecule is CCNC1CCN([C@](O)(CNC(=O)c2ccc(OCc3cc(C)nc4ccccc34)cc2)C(N)=O)CC1. The van der Waals surface area contributed by atoms with Crippen LogP contribution in [-0.2, 0) is 11.4 Å². The van der Waals surface area contributed by atoms with Gasteiger partial charge in [0.05, 0.1) is 12.1 Å². The van der Waals surface area contributed by atoms with E-state index in [1.165, 1.54) is 0 Å². The molecule has 0 aliphatic carbocycles. The molecule has 1 fully saturated rings. The summed E-state index contributed by atoms with van der Waals surface area (Å²) < 4.78 is 5.97. The van der Waals surface area contributed by atoms with E-state index in [9.17, 15) is 14.7 Å². The number of aryl methyl sites for hydroxylation is 1. The Morgan fingerprint density at radius 1 is 1.16 bits per heavy atom. The molecule has 0 spiro atoms. The molecule has 1 aliphatic heterocycles. The van der Waals surface area contributed by atoms with E-state index in [2.05, 4.69) is 15.6 Å². The van der Waals surface area contributed by atoms with Crippen LogP contribution in [0.15, 0.2) is 54.6 Å². The van der Waals surface area contributed by atoms with Crippen LogP contribution in [0.25, 0.3) is 10.9 Å². The Hall–Kier alpha value is -3.53. The number of ether oxygens (including phenoxy) is 1. The van der Waals surface area contributed by atoms with Crippen LogP contribution < -0.4 is 21.1 Å². The Labute approximate surface area is 217 Å². The van der Waals surface area contributed by atoms with E-state index in [0.29, 0.717) is 37.1 Å². The second-order valence-electron chi connectivity index (χ2n) is 9.44. The number of likely N-dealkylation sites (tertiary alicyclic amines) is 1. The van der Waals surface area contributed by atoms with Crippen LogP contribution in [0.4, 0.5) is 0 Å². The number of nitrogens with one attached hydrogen (secondary N) is 2. The summed E-state index contributed by atoms with van der Waals surface area (Å²) in [5.74, 6) is -0.672. The number of fused-ring (bicyclic) bond motifs is 1. The van der Waals surface area contributed by atoms with E-state index >= 15 is 0 Å². The van der Waals surface area contributed by atoms with Crippen LogP contribution in [0.2, 0.25) is 0 Å². The first-order valence-electron chi connectivity index (χ1n) is 12.7. The van der Waals surface area contributed by atoms with E-state index in [0.717, 1.165) is 41.5 Å². The predicted octanol–water partition coefficient (Wildman–Crippen LogP) is 2.10. The fourth-order valence-corrected chi connectivity index (χ4v) is 4.78. The largest absolute Gasteiger partial charge is 0.489 e. The van der Waals surface area contributed by atoms with E-state index in [1.807, 2.05) is 44.2 Å². The number of para-hydroxylation sites is 1. The van der Waals surface area contributed by atoms with Crippen LogP contribution in [0, 0.1) is 6.92 Å². The van der Waals surface area contributed by atoms with Gasteiger partial charge in [0.2, 0.25) is 5.72 Å². The number of aromatic nitrogens is 1. The van der Waals surface area contributed by atoms with Crippen molar-refractivity contribution in [2.75, 3.05) is 26.2 Å². The first-order valence-corrected chi connectivity index (χ1v) is 12.7. The number of carbonyl (C=O) groups excluding carboxylic acids is 2. The fraction of sp³-hybridized carbons (Fsp3) is 0.393. The van der Waals surface area contributed by atoms with Crippen LogP contribution in [0.5, 0.6) is 5.75 Å². The monoisotopic (exact) mass is 505 g/mol. The van der Waals surface area contributed by atoms with Crippen LogP contribution >= 0.6 is 0 Å². The zero-order valence-electron chi connectivity index (χ0n) is 21.4. The lowest BCUT2D eigenvalue weighted by molar-refractivity contribution is -0.161. The van der Waals surface area contributed by atoms with Gasteiger partial charge in [0, 0.05) is 41.3 Å². The average Bonchev–Trinajstić information content (AvgIpc) is 2.91. The number of nitrogens with two attached hydrogens (primary N) is 1. The van der Waals surface area contributed by atoms with Gasteiger partial charge in [-0.1, -0.05) is 25.1 Å². The third-order valence-corrected chi connectivity index (χ3v) is 6.84. The smallest absolute Gasteiger partial charge is 0.266 e. The van der Waals surface area contributed by atoms with Gasteiger partial charge in [-0.05, 0) is 62.7 Å². The van der Waals surface area contributed by atoms with E-state index in [1.54, 1.807) is 29.2 Å². The molecule has 1 aromatic heterocycles. The molecule has 2 amide bonds. The minimum absolute atomic E-state index is 0.292. The summed E-state index contributed by atoms with van der Waals surface area (Å²) in [5, 5.41) is 18.1. The number of hydrogen-bond donors (Lipinski definition) is 4. The lowest BCUT2D eigenvalue weighted by atomic mass is 10.0. The quantitative estimate of drug-likeness (QED) is 0.332. The number of pyridine rings is 1. The van der Waals surface area contributed by atoms with E-state index < -0.39 is 17.5 Å². The standard InChI is InChI=1S/C28H35N5O4/c1-3-30-22-12-14-33(15-13-22)28(36,27(29)35)18-31-26(34)20-8-10-23(11-9-20)37-17-21-16-19(2)32-25-7-5-4-6-24(21)25/h4-11,16,22,30,36H,3,12-15,17-18H2,1-2H3,(H2,29,35)(H,31,34)/t28-/m0/s1. The predicted molar refractivity (Wildman–Crippen MR) is 142 cm³/mol. The first kappa shape index (κ1) is 26.5. The number of rotatable bonds is 10. The van der Waals surface area contributed by atoms with Gasteiger partial charge < -0.3 is 26.2 Å². The molecule has 2 heterocycles. The summed E-state index contributed by atoms with van der Waals surface area (Å²) in [5.41, 5.74) is 6.86. The van der Waals surface area contributed by atoms with Crippen molar-refractivity contribution < 1.29 is 19.4 Å². The molecule has 0 unspecified atom stereocenters. The Bertz CT molecular complexity index is 1240. The summed E-state index contributed by atoms with van der Waals surface area (Å²) in [6.07, 6.45) is 1.57. The molecular weight excluding hydrogens is 470 g/mol. The molecule has 9 heteroatoms. The third-order valence-electron chi connectivity index (χ3n) is 6.84. The lowest BCUT2D eigenvalue weighted by Gasteiger charge is -2.41. The van der Waals surface area contributed by atoms with Crippen LogP contribution in [0.1, 0.15) is 41.4 Å². The van der Waals surface area contributed by atoms with Crippen molar-refractivity contribution in [1.29, 1.82) is 0 Å². The molecule has 1 atom stereocenters. The zero-order valence-corrected chi connectivity index (χ0v) is 21.4. The van der Waals surface area contributed by atoms with Crippen molar-refractivity contribution in [3.05, 3.63) is 71.4 Å². The molecule has 1 aliphatic rings. The normalized spacial score (nSPS) is 16.3. The molecule has 9 nitrogen and oxygen atoms in total. The Balaban J connectivity index is 1.35. The van der Waals surface area contributed by atoms with Gasteiger partial charge in [0.25, 0.3) is 11.8 Å². The summed E-state index contributed by atoms with van der Waals surface area (Å²) in [6.45, 7) is 5.95. The van der Waals surface area contributed by atoms with Gasteiger partial charge in [0.15, 0.2) is 0 Å². The molecule has 0 radical (unpaired) electrons. The molecule has 0 bridgehead atoms. The van der Waals surface area contributed by atoms with Gasteiger partial charge in [-0.2, -0.15) is 0 Å². The second kappa shape index (κ2) is 11.7. The van der Waals surface area contributed by atoms with Crippen molar-refractivity contribution in [2.24, 2.45) is 5.73 Å². The minimum atomic E-state index is -1.94. The maximum absolute atomic E-state index is 12.8. The number of hydrogen-bond acceptors (Lipinski definition) is 7. The molecule has 37 heavy (non-hydrogen) atoms. The Morgan fingerprint density at radius 3 is 2.54 bits per heavy atom. The zero-order chi connectivity index (χ0) is 26.4. The molecule has 196 valence electrons. The maximum Gasteiger partial charge on any atom is 0.266 e. The summed E-state index contributed by atoms with van der Waals surface area (Å²) in [6, 6.07) is 17.0. The summed E-state index contributed by atoms with van der Waals surface area (Å²) in [4.78, 5) is 31.1. The van der Waals surface area contributed by atoms with Crippen molar-refractivity contribution >= 4 is 22.7 Å². The molecule has 0 saturated carbocycles. The fourth-order valence-electron chi connectivity index (χ4n) is 4.78. The maximum atomic E-state index is 12.8. The molecule has 1 saturated heterocycles. The van der Waals surface area contributed by atoms with Crippen molar-refractivity contribution in [3.8, 4) is 5.75 Å². The topological polar surface area (TPSA) is 130 Å². The number of aliphatic hydroxyl groups is 1. The molecule has 2 aromatic carbocycles. The highest BCUT2D eigenvalue weighted by Gasteiger charge is 2.42. The molecular formula is C28H35N5O4. The van der Waals surface area contributed by atoms with E-state index in [-0.39, 0.29) is 6.54 Å².